The van der Waals surface area contributed by atoms with E-state index in [1.807, 2.05) is 17.2 Å². The van der Waals surface area contributed by atoms with Crippen LogP contribution < -0.4 is 5.73 Å². The second kappa shape index (κ2) is 8.53. The normalized spacial score (nSPS) is 17.5. The van der Waals surface area contributed by atoms with Gasteiger partial charge >= 0.3 is 0 Å². The van der Waals surface area contributed by atoms with Crippen LogP contribution >= 0.6 is 11.8 Å². The number of thioether (sulfide) groups is 1. The first-order valence-electron chi connectivity index (χ1n) is 7.88. The third-order valence-corrected chi connectivity index (χ3v) is 4.93. The number of nitrogens with two attached hydrogens (primary N) is 1. The van der Waals surface area contributed by atoms with Gasteiger partial charge < -0.3 is 10.6 Å². The highest BCUT2D eigenvalue weighted by Gasteiger charge is 2.26. The van der Waals surface area contributed by atoms with Crippen molar-refractivity contribution in [2.24, 2.45) is 11.7 Å². The highest BCUT2D eigenvalue weighted by molar-refractivity contribution is 7.98. The molecule has 1 atom stereocenters. The lowest BCUT2D eigenvalue weighted by Crippen LogP contribution is -2.47. The third kappa shape index (κ3) is 4.99. The lowest BCUT2D eigenvalue weighted by atomic mass is 9.90. The van der Waals surface area contributed by atoms with E-state index in [1.54, 1.807) is 23.9 Å². The molecule has 0 unspecified atom stereocenters. The molecule has 1 amide bonds. The Morgan fingerprint density at radius 1 is 1.45 bits per heavy atom. The first-order valence-corrected chi connectivity index (χ1v) is 9.27. The summed E-state index contributed by atoms with van der Waals surface area (Å²) in [6, 6.07) is 6.44. The molecule has 0 radical (unpaired) electrons. The molecular formula is C17H25FN2OS. The Bertz CT molecular complexity index is 489. The Balaban J connectivity index is 1.79. The van der Waals surface area contributed by atoms with Crippen LogP contribution in [0.5, 0.6) is 0 Å². The molecule has 0 saturated carbocycles. The highest BCUT2D eigenvalue weighted by Crippen LogP contribution is 2.22. The maximum Gasteiger partial charge on any atom is 0.239 e. The maximum absolute atomic E-state index is 13.2. The first kappa shape index (κ1) is 17.3. The number of amides is 1. The second-order valence-electron chi connectivity index (χ2n) is 5.99. The Morgan fingerprint density at radius 2 is 2.18 bits per heavy atom. The Kier molecular flexibility index (Phi) is 6.70. The fourth-order valence-electron chi connectivity index (χ4n) is 2.96. The van der Waals surface area contributed by atoms with Gasteiger partial charge in [0.25, 0.3) is 0 Å². The van der Waals surface area contributed by atoms with E-state index in [0.717, 1.165) is 50.1 Å². The Labute approximate surface area is 136 Å². The summed E-state index contributed by atoms with van der Waals surface area (Å²) in [5.74, 6) is 1.35. The number of benzene rings is 1. The minimum atomic E-state index is -0.368. The van der Waals surface area contributed by atoms with Gasteiger partial charge in [-0.25, -0.2) is 4.39 Å². The molecule has 1 fully saturated rings. The molecule has 1 aliphatic rings. The molecule has 0 aliphatic carbocycles. The van der Waals surface area contributed by atoms with Crippen molar-refractivity contribution in [2.75, 3.05) is 25.1 Å². The number of hydrogen-bond donors (Lipinski definition) is 1. The van der Waals surface area contributed by atoms with Crippen LogP contribution in [-0.4, -0.2) is 41.9 Å². The van der Waals surface area contributed by atoms with Crippen LogP contribution in [0.2, 0.25) is 0 Å². The molecular weight excluding hydrogens is 299 g/mol. The van der Waals surface area contributed by atoms with Crippen molar-refractivity contribution in [3.8, 4) is 0 Å². The smallest absolute Gasteiger partial charge is 0.239 e. The van der Waals surface area contributed by atoms with Crippen LogP contribution in [0, 0.1) is 11.7 Å². The molecule has 2 N–H and O–H groups in total. The summed E-state index contributed by atoms with van der Waals surface area (Å²) in [6.07, 6.45) is 5.59. The van der Waals surface area contributed by atoms with Gasteiger partial charge in [0.1, 0.15) is 5.82 Å². The fourth-order valence-corrected chi connectivity index (χ4v) is 3.45. The summed E-state index contributed by atoms with van der Waals surface area (Å²) in [4.78, 5) is 14.2. The van der Waals surface area contributed by atoms with Gasteiger partial charge in [0, 0.05) is 13.1 Å². The first-order chi connectivity index (χ1) is 10.6. The van der Waals surface area contributed by atoms with E-state index in [-0.39, 0.29) is 17.8 Å². The maximum atomic E-state index is 13.2. The molecule has 122 valence electrons. The number of rotatable bonds is 6. The molecule has 3 nitrogen and oxygen atoms in total. The zero-order chi connectivity index (χ0) is 15.9. The van der Waals surface area contributed by atoms with E-state index < -0.39 is 0 Å². The van der Waals surface area contributed by atoms with E-state index in [2.05, 4.69) is 0 Å². The van der Waals surface area contributed by atoms with Crippen LogP contribution in [0.1, 0.15) is 24.8 Å². The average Bonchev–Trinajstić information content (AvgIpc) is 2.52. The number of likely N-dealkylation sites (tertiary alicyclic amines) is 1. The van der Waals surface area contributed by atoms with Crippen molar-refractivity contribution < 1.29 is 9.18 Å². The van der Waals surface area contributed by atoms with Gasteiger partial charge in [-0.2, -0.15) is 11.8 Å². The van der Waals surface area contributed by atoms with Gasteiger partial charge in [0.15, 0.2) is 0 Å². The molecule has 22 heavy (non-hydrogen) atoms. The number of piperidine rings is 1. The molecule has 0 aromatic heterocycles. The summed E-state index contributed by atoms with van der Waals surface area (Å²) >= 11 is 1.72. The van der Waals surface area contributed by atoms with Crippen molar-refractivity contribution >= 4 is 17.7 Å². The van der Waals surface area contributed by atoms with Crippen molar-refractivity contribution in [3.63, 3.8) is 0 Å². The Hall–Kier alpha value is -1.07. The largest absolute Gasteiger partial charge is 0.341 e. The zero-order valence-corrected chi connectivity index (χ0v) is 13.9. The van der Waals surface area contributed by atoms with Gasteiger partial charge in [-0.1, -0.05) is 12.1 Å². The average molecular weight is 324 g/mol. The van der Waals surface area contributed by atoms with Gasteiger partial charge in [-0.15, -0.1) is 0 Å². The molecule has 0 spiro atoms. The van der Waals surface area contributed by atoms with E-state index in [1.165, 1.54) is 6.07 Å². The van der Waals surface area contributed by atoms with E-state index in [0.29, 0.717) is 5.92 Å². The topological polar surface area (TPSA) is 46.3 Å². The minimum absolute atomic E-state index is 0.0817. The van der Waals surface area contributed by atoms with Gasteiger partial charge in [-0.05, 0) is 61.3 Å². The van der Waals surface area contributed by atoms with Crippen LogP contribution in [0.3, 0.4) is 0 Å². The quantitative estimate of drug-likeness (QED) is 0.875. The summed E-state index contributed by atoms with van der Waals surface area (Å²) in [5.41, 5.74) is 7.01. The molecule has 2 rings (SSSR count). The van der Waals surface area contributed by atoms with Crippen molar-refractivity contribution in [3.05, 3.63) is 35.6 Å². The second-order valence-corrected chi connectivity index (χ2v) is 6.98. The molecule has 1 aliphatic heterocycles. The number of hydrogen-bond acceptors (Lipinski definition) is 3. The SMILES string of the molecule is CSCC[C@H](N)C(=O)N1CCC(Cc2cccc(F)c2)CC1. The van der Waals surface area contributed by atoms with E-state index in [4.69, 9.17) is 5.73 Å². The molecule has 1 aromatic carbocycles. The monoisotopic (exact) mass is 324 g/mol. The van der Waals surface area contributed by atoms with Crippen LogP contribution in [0.4, 0.5) is 4.39 Å². The predicted molar refractivity (Wildman–Crippen MR) is 90.4 cm³/mol. The summed E-state index contributed by atoms with van der Waals surface area (Å²) in [5, 5.41) is 0. The lowest BCUT2D eigenvalue weighted by Gasteiger charge is -2.33. The predicted octanol–water partition coefficient (Wildman–Crippen LogP) is 2.69. The van der Waals surface area contributed by atoms with Crippen LogP contribution in [0.25, 0.3) is 0 Å². The fraction of sp³-hybridized carbons (Fsp3) is 0.588. The van der Waals surface area contributed by atoms with Crippen molar-refractivity contribution in [1.82, 2.24) is 4.90 Å². The summed E-state index contributed by atoms with van der Waals surface area (Å²) < 4.78 is 13.2. The lowest BCUT2D eigenvalue weighted by molar-refractivity contribution is -0.134. The van der Waals surface area contributed by atoms with E-state index >= 15 is 0 Å². The number of halogens is 1. The highest BCUT2D eigenvalue weighted by atomic mass is 32.2. The molecule has 1 heterocycles. The van der Waals surface area contributed by atoms with Crippen LogP contribution in [-0.2, 0) is 11.2 Å². The zero-order valence-electron chi connectivity index (χ0n) is 13.1. The molecule has 0 bridgehead atoms. The molecule has 1 aromatic rings. The third-order valence-electron chi connectivity index (χ3n) is 4.29. The Morgan fingerprint density at radius 3 is 2.82 bits per heavy atom. The minimum Gasteiger partial charge on any atom is -0.341 e. The summed E-state index contributed by atoms with van der Waals surface area (Å²) in [7, 11) is 0. The summed E-state index contributed by atoms with van der Waals surface area (Å²) in [6.45, 7) is 1.54. The standard InChI is InChI=1S/C17H25FN2OS/c1-22-10-7-16(19)17(21)20-8-5-13(6-9-20)11-14-3-2-4-15(18)12-14/h2-4,12-13,16H,5-11,19H2,1H3/t16-/m0/s1. The number of nitrogens with zero attached hydrogens (tertiary/aromatic N) is 1. The van der Waals surface area contributed by atoms with E-state index in [9.17, 15) is 9.18 Å². The molecule has 5 heteroatoms. The number of carbonyl (C=O) groups is 1. The number of carbonyl (C=O) groups excluding carboxylic acids is 1. The van der Waals surface area contributed by atoms with Crippen LogP contribution in [0.15, 0.2) is 24.3 Å². The van der Waals surface area contributed by atoms with Gasteiger partial charge in [-0.3, -0.25) is 4.79 Å². The molecule has 1 saturated heterocycles. The van der Waals surface area contributed by atoms with Crippen molar-refractivity contribution in [2.45, 2.75) is 31.7 Å². The van der Waals surface area contributed by atoms with Gasteiger partial charge in [0.05, 0.1) is 6.04 Å². The van der Waals surface area contributed by atoms with Gasteiger partial charge in [0.2, 0.25) is 5.91 Å². The van der Waals surface area contributed by atoms with Crippen molar-refractivity contribution in [1.29, 1.82) is 0 Å².